The van der Waals surface area contributed by atoms with Crippen LogP contribution in [0.1, 0.15) is 30.9 Å². The number of nitrogens with one attached hydrogen (secondary N) is 1. The molecule has 2 rings (SSSR count). The Morgan fingerprint density at radius 1 is 1.58 bits per heavy atom. The number of hydrogen-bond acceptors (Lipinski definition) is 4. The van der Waals surface area contributed by atoms with Gasteiger partial charge in [0.25, 0.3) is 0 Å². The molecule has 5 nitrogen and oxygen atoms in total. The smallest absolute Gasteiger partial charge is 0.173 e. The third-order valence-electron chi connectivity index (χ3n) is 3.66. The van der Waals surface area contributed by atoms with Gasteiger partial charge < -0.3 is 21.0 Å². The minimum absolute atomic E-state index is 0.0663. The van der Waals surface area contributed by atoms with E-state index >= 15 is 0 Å². The predicted molar refractivity (Wildman–Crippen MR) is 74.5 cm³/mol. The number of nitrogens with zero attached hydrogens (tertiary/aromatic N) is 1. The summed E-state index contributed by atoms with van der Waals surface area (Å²) in [5, 5.41) is 15.3. The third-order valence-corrected chi connectivity index (χ3v) is 3.66. The summed E-state index contributed by atoms with van der Waals surface area (Å²) in [7, 11) is 1.57. The van der Waals surface area contributed by atoms with Crippen molar-refractivity contribution in [2.24, 2.45) is 16.8 Å². The molecule has 4 N–H and O–H groups in total. The normalized spacial score (nSPS) is 22.3. The molecule has 2 atom stereocenters. The van der Waals surface area contributed by atoms with E-state index in [2.05, 4.69) is 17.4 Å². The van der Waals surface area contributed by atoms with Crippen LogP contribution in [0.4, 0.5) is 0 Å². The first-order valence-corrected chi connectivity index (χ1v) is 6.57. The van der Waals surface area contributed by atoms with Gasteiger partial charge in [-0.15, -0.1) is 0 Å². The van der Waals surface area contributed by atoms with Crippen molar-refractivity contribution in [2.75, 3.05) is 7.11 Å². The van der Waals surface area contributed by atoms with Crippen molar-refractivity contribution in [1.82, 2.24) is 5.32 Å². The van der Waals surface area contributed by atoms with E-state index in [9.17, 15) is 0 Å². The highest BCUT2D eigenvalue weighted by Gasteiger charge is 2.34. The van der Waals surface area contributed by atoms with E-state index in [1.807, 2.05) is 18.2 Å². The van der Waals surface area contributed by atoms with Crippen LogP contribution < -0.4 is 15.8 Å². The number of benzene rings is 1. The fourth-order valence-electron chi connectivity index (χ4n) is 2.32. The molecule has 1 saturated carbocycles. The second-order valence-electron chi connectivity index (χ2n) is 4.91. The van der Waals surface area contributed by atoms with E-state index in [-0.39, 0.29) is 5.84 Å². The van der Waals surface area contributed by atoms with Crippen LogP contribution in [-0.4, -0.2) is 24.2 Å². The second-order valence-corrected chi connectivity index (χ2v) is 4.91. The van der Waals surface area contributed by atoms with Crippen molar-refractivity contribution in [3.05, 3.63) is 29.3 Å². The lowest BCUT2D eigenvalue weighted by Crippen LogP contribution is -2.19. The molecule has 0 radical (unpaired) electrons. The van der Waals surface area contributed by atoms with Gasteiger partial charge in [0.15, 0.2) is 5.84 Å². The van der Waals surface area contributed by atoms with Gasteiger partial charge in [-0.1, -0.05) is 24.6 Å². The number of amidine groups is 1. The number of ether oxygens (including phenoxy) is 1. The second kappa shape index (κ2) is 5.93. The molecular formula is C14H21N3O2. The summed E-state index contributed by atoms with van der Waals surface area (Å²) in [5.41, 5.74) is 7.37. The van der Waals surface area contributed by atoms with Crippen molar-refractivity contribution < 1.29 is 9.94 Å². The minimum atomic E-state index is 0.0663. The molecule has 0 bridgehead atoms. The monoisotopic (exact) mass is 263 g/mol. The van der Waals surface area contributed by atoms with E-state index in [1.165, 1.54) is 12.8 Å². The van der Waals surface area contributed by atoms with Crippen molar-refractivity contribution in [1.29, 1.82) is 0 Å². The highest BCUT2D eigenvalue weighted by molar-refractivity contribution is 5.99. The van der Waals surface area contributed by atoms with Gasteiger partial charge in [0.2, 0.25) is 0 Å². The third kappa shape index (κ3) is 3.17. The van der Waals surface area contributed by atoms with Gasteiger partial charge in [-0.05, 0) is 30.0 Å². The molecule has 1 aliphatic carbocycles. The van der Waals surface area contributed by atoms with Gasteiger partial charge in [0, 0.05) is 12.6 Å². The molecule has 0 aliphatic heterocycles. The average molecular weight is 263 g/mol. The number of hydrogen-bond donors (Lipinski definition) is 3. The molecule has 19 heavy (non-hydrogen) atoms. The maximum atomic E-state index is 8.79. The molecule has 0 amide bonds. The van der Waals surface area contributed by atoms with Crippen molar-refractivity contribution in [3.8, 4) is 5.75 Å². The number of methoxy groups -OCH3 is 1. The van der Waals surface area contributed by atoms with Crippen LogP contribution in [0, 0.1) is 5.92 Å². The first-order chi connectivity index (χ1) is 9.19. The van der Waals surface area contributed by atoms with Gasteiger partial charge in [0.05, 0.1) is 12.7 Å². The summed E-state index contributed by atoms with van der Waals surface area (Å²) in [4.78, 5) is 0. The van der Waals surface area contributed by atoms with E-state index in [0.29, 0.717) is 17.4 Å². The summed E-state index contributed by atoms with van der Waals surface area (Å²) >= 11 is 0. The van der Waals surface area contributed by atoms with Gasteiger partial charge in [-0.3, -0.25) is 0 Å². The van der Waals surface area contributed by atoms with Crippen LogP contribution in [0.2, 0.25) is 0 Å². The Labute approximate surface area is 113 Å². The lowest BCUT2D eigenvalue weighted by atomic mass is 10.1. The van der Waals surface area contributed by atoms with Crippen molar-refractivity contribution in [3.63, 3.8) is 0 Å². The lowest BCUT2D eigenvalue weighted by molar-refractivity contribution is 0.318. The first-order valence-electron chi connectivity index (χ1n) is 6.57. The Morgan fingerprint density at radius 2 is 2.37 bits per heavy atom. The van der Waals surface area contributed by atoms with Crippen LogP contribution in [0.15, 0.2) is 23.4 Å². The van der Waals surface area contributed by atoms with Gasteiger partial charge >= 0.3 is 0 Å². The molecule has 1 aromatic rings. The van der Waals surface area contributed by atoms with Crippen LogP contribution in [0.5, 0.6) is 5.75 Å². The first kappa shape index (κ1) is 13.7. The van der Waals surface area contributed by atoms with E-state index < -0.39 is 0 Å². The lowest BCUT2D eigenvalue weighted by Gasteiger charge is -2.10. The van der Waals surface area contributed by atoms with Crippen LogP contribution in [0.3, 0.4) is 0 Å². The summed E-state index contributed by atoms with van der Waals surface area (Å²) in [6.07, 6.45) is 2.50. The molecule has 0 aromatic heterocycles. The minimum Gasteiger partial charge on any atom is -0.496 e. The molecule has 0 heterocycles. The molecular weight excluding hydrogens is 242 g/mol. The number of nitrogens with two attached hydrogens (primary N) is 1. The maximum absolute atomic E-state index is 8.79. The Hall–Kier alpha value is -1.75. The fourth-order valence-corrected chi connectivity index (χ4v) is 2.32. The molecule has 1 aromatic carbocycles. The molecule has 2 unspecified atom stereocenters. The fraction of sp³-hybridized carbons (Fsp3) is 0.500. The summed E-state index contributed by atoms with van der Waals surface area (Å²) in [6, 6.07) is 6.36. The SMILES string of the molecule is CCC1CC1NCc1ccc(OC)c(/C(N)=N/O)c1. The zero-order chi connectivity index (χ0) is 13.8. The molecule has 1 aliphatic rings. The van der Waals surface area contributed by atoms with Gasteiger partial charge in [0.1, 0.15) is 5.75 Å². The highest BCUT2D eigenvalue weighted by atomic mass is 16.5. The Balaban J connectivity index is 2.05. The zero-order valence-corrected chi connectivity index (χ0v) is 11.4. The van der Waals surface area contributed by atoms with Crippen LogP contribution in [-0.2, 0) is 6.54 Å². The molecule has 0 spiro atoms. The topological polar surface area (TPSA) is 79.9 Å². The summed E-state index contributed by atoms with van der Waals surface area (Å²) < 4.78 is 5.20. The zero-order valence-electron chi connectivity index (χ0n) is 11.4. The van der Waals surface area contributed by atoms with Crippen LogP contribution in [0.25, 0.3) is 0 Å². The Morgan fingerprint density at radius 3 is 2.95 bits per heavy atom. The quantitative estimate of drug-likeness (QED) is 0.316. The Bertz CT molecular complexity index is 474. The average Bonchev–Trinajstić information content (AvgIpc) is 3.22. The van der Waals surface area contributed by atoms with Crippen molar-refractivity contribution >= 4 is 5.84 Å². The highest BCUT2D eigenvalue weighted by Crippen LogP contribution is 2.33. The standard InChI is InChI=1S/C14H21N3O2/c1-3-10-7-12(10)16-8-9-4-5-13(19-2)11(6-9)14(15)17-18/h4-6,10,12,16,18H,3,7-8H2,1-2H3,(H2,15,17). The van der Waals surface area contributed by atoms with E-state index in [1.54, 1.807) is 7.11 Å². The molecule has 1 fully saturated rings. The van der Waals surface area contributed by atoms with Gasteiger partial charge in [-0.25, -0.2) is 0 Å². The molecule has 104 valence electrons. The predicted octanol–water partition coefficient (Wildman–Crippen LogP) is 1.68. The Kier molecular flexibility index (Phi) is 4.27. The number of rotatable bonds is 6. The molecule has 5 heteroatoms. The van der Waals surface area contributed by atoms with Crippen LogP contribution >= 0.6 is 0 Å². The molecule has 0 saturated heterocycles. The van der Waals surface area contributed by atoms with Crippen molar-refractivity contribution in [2.45, 2.75) is 32.4 Å². The maximum Gasteiger partial charge on any atom is 0.173 e. The summed E-state index contributed by atoms with van der Waals surface area (Å²) in [5.74, 6) is 1.50. The van der Waals surface area contributed by atoms with E-state index in [4.69, 9.17) is 15.7 Å². The van der Waals surface area contributed by atoms with Gasteiger partial charge in [-0.2, -0.15) is 0 Å². The van der Waals surface area contributed by atoms with E-state index in [0.717, 1.165) is 18.0 Å². The summed E-state index contributed by atoms with van der Waals surface area (Å²) in [6.45, 7) is 3.01. The number of oxime groups is 1. The largest absolute Gasteiger partial charge is 0.496 e.